The molecule has 0 fully saturated rings. The maximum absolute atomic E-state index is 14.5. The van der Waals surface area contributed by atoms with Gasteiger partial charge in [0, 0.05) is 53.2 Å². The molecule has 17 rings (SSSR count). The molecule has 73 heavy (non-hydrogen) atoms. The lowest BCUT2D eigenvalue weighted by Crippen LogP contribution is -2.59. The number of fused-ring (bicyclic) bond motifs is 26. The highest BCUT2D eigenvalue weighted by molar-refractivity contribution is 7.37. The fourth-order valence-electron chi connectivity index (χ4n) is 14.3. The Morgan fingerprint density at radius 2 is 0.699 bits per heavy atom. The molecule has 9 aromatic carbocycles. The summed E-state index contributed by atoms with van der Waals surface area (Å²) in [5.74, 6) is 0. The summed E-state index contributed by atoms with van der Waals surface area (Å²) in [7, 11) is 0. The van der Waals surface area contributed by atoms with E-state index in [1.165, 1.54) is 104 Å². The summed E-state index contributed by atoms with van der Waals surface area (Å²) in [6.07, 6.45) is -4.48. The van der Waals surface area contributed by atoms with Crippen LogP contribution in [-0.2, 0) is 17.0 Å². The van der Waals surface area contributed by atoms with Gasteiger partial charge in [-0.05, 0) is 121 Å². The van der Waals surface area contributed by atoms with E-state index in [1.807, 2.05) is 22.7 Å². The van der Waals surface area contributed by atoms with Crippen LogP contribution in [-0.4, -0.2) is 6.71 Å². The molecule has 2 nitrogen and oxygen atoms in total. The van der Waals surface area contributed by atoms with Gasteiger partial charge in [-0.2, -0.15) is 13.2 Å². The fraction of sp³-hybridized carbons (Fsp3) is 0.0462. The predicted octanol–water partition coefficient (Wildman–Crippen LogP) is 15.6. The summed E-state index contributed by atoms with van der Waals surface area (Å²) in [6.45, 7) is -0.208. The second kappa shape index (κ2) is 13.9. The topological polar surface area (TPSA) is 6.48 Å². The Labute approximate surface area is 427 Å². The Kier molecular flexibility index (Phi) is 7.68. The van der Waals surface area contributed by atoms with Crippen molar-refractivity contribution >= 4 is 78.5 Å². The second-order valence-electron chi connectivity index (χ2n) is 20.0. The summed E-state index contributed by atoms with van der Waals surface area (Å²) < 4.78 is 45.9. The van der Waals surface area contributed by atoms with E-state index in [9.17, 15) is 13.2 Å². The molecular weight excluding hydrogens is 941 g/mol. The summed E-state index contributed by atoms with van der Waals surface area (Å²) in [4.78, 5) is 7.37. The van der Waals surface area contributed by atoms with Crippen molar-refractivity contribution in [3.63, 3.8) is 0 Å². The van der Waals surface area contributed by atoms with Crippen LogP contribution in [0.25, 0.3) is 44.5 Å². The molecule has 0 N–H and O–H groups in total. The molecule has 0 saturated carbocycles. The van der Waals surface area contributed by atoms with Crippen LogP contribution in [0.4, 0.5) is 47.3 Å². The van der Waals surface area contributed by atoms with Crippen molar-refractivity contribution in [3.05, 3.63) is 267 Å². The average Bonchev–Trinajstić information content (AvgIpc) is 4.27. The van der Waals surface area contributed by atoms with Crippen molar-refractivity contribution in [2.75, 3.05) is 9.80 Å². The minimum Gasteiger partial charge on any atom is -0.310 e. The van der Waals surface area contributed by atoms with Gasteiger partial charge in [0.2, 0.25) is 0 Å². The van der Waals surface area contributed by atoms with E-state index >= 15 is 0 Å². The predicted molar refractivity (Wildman–Crippen MR) is 294 cm³/mol. The number of nitrogens with zero attached hydrogens (tertiary/aromatic N) is 2. The molecule has 2 aromatic heterocycles. The largest absolute Gasteiger partial charge is 0.416 e. The normalized spacial score (nSPS) is 15.5. The molecule has 0 saturated heterocycles. The third-order valence-electron chi connectivity index (χ3n) is 16.9. The molecule has 8 heteroatoms. The number of alkyl halides is 3. The van der Waals surface area contributed by atoms with Crippen molar-refractivity contribution in [1.82, 2.24) is 0 Å². The van der Waals surface area contributed by atoms with E-state index < -0.39 is 22.6 Å². The lowest BCUT2D eigenvalue weighted by Gasteiger charge is -2.42. The van der Waals surface area contributed by atoms with Crippen molar-refractivity contribution in [3.8, 4) is 44.5 Å². The van der Waals surface area contributed by atoms with E-state index in [0.29, 0.717) is 5.69 Å². The van der Waals surface area contributed by atoms with Crippen LogP contribution < -0.4 is 24.8 Å². The van der Waals surface area contributed by atoms with E-state index in [2.05, 4.69) is 204 Å². The zero-order chi connectivity index (χ0) is 48.1. The van der Waals surface area contributed by atoms with Gasteiger partial charge in [0.1, 0.15) is 0 Å². The number of hydrogen-bond acceptors (Lipinski definition) is 4. The molecule has 4 heterocycles. The molecule has 0 amide bonds. The number of anilines is 6. The van der Waals surface area contributed by atoms with Crippen LogP contribution in [0.5, 0.6) is 0 Å². The van der Waals surface area contributed by atoms with Gasteiger partial charge in [-0.25, -0.2) is 0 Å². The molecule has 11 aromatic rings. The molecule has 342 valence electrons. The van der Waals surface area contributed by atoms with Crippen LogP contribution in [0.15, 0.2) is 218 Å². The number of hydrogen-bond donors (Lipinski definition) is 0. The Morgan fingerprint density at radius 3 is 1.10 bits per heavy atom. The minimum atomic E-state index is -4.48. The monoisotopic (exact) mass is 976 g/mol. The standard InChI is InChI=1S/C65H36BF3N2S2/c67-65(68,69)37-33-35-39(36-34-37)71-53-32-16-31-52-56(53)66(62-58(71)55-45-24-9-15-30-51(45)64(60(55)73-62)48-27-12-6-21-42(48)43-22-7-13-28-49(43)64)61-57(70(52)38-17-2-1-3-18-38)54-44-23-8-14-29-50(44)63(59(54)72-61)46-25-10-4-19-40(46)41-20-5-11-26-47(41)63/h1-36H. The van der Waals surface area contributed by atoms with Crippen molar-refractivity contribution in [2.24, 2.45) is 0 Å². The van der Waals surface area contributed by atoms with Crippen LogP contribution in [0, 0.1) is 0 Å². The Hall–Kier alpha value is -8.17. The maximum Gasteiger partial charge on any atom is 0.416 e. The zero-order valence-corrected chi connectivity index (χ0v) is 40.3. The Balaban J connectivity index is 1.03. The fourth-order valence-corrected chi connectivity index (χ4v) is 17.7. The first kappa shape index (κ1) is 40.4. The minimum absolute atomic E-state index is 0.208. The SMILES string of the molecule is FC(F)(F)c1ccc(N2c3cccc4c3B(c3sc5c(c3N4c3ccccc3)-c3ccccc3C53c4ccccc4-c4ccccc43)c3sc4c(c32)-c2ccccc2C42c3ccccc3-c3ccccc32)cc1. The summed E-state index contributed by atoms with van der Waals surface area (Å²) >= 11 is 3.86. The van der Waals surface area contributed by atoms with Gasteiger partial charge < -0.3 is 9.80 Å². The number of halogens is 3. The van der Waals surface area contributed by atoms with Gasteiger partial charge in [0.05, 0.1) is 27.8 Å². The number of thiophene rings is 2. The quantitative estimate of drug-likeness (QED) is 0.159. The van der Waals surface area contributed by atoms with Gasteiger partial charge in [-0.1, -0.05) is 170 Å². The van der Waals surface area contributed by atoms with Gasteiger partial charge >= 0.3 is 6.18 Å². The molecule has 6 aliphatic rings. The third-order valence-corrected chi connectivity index (χ3v) is 19.6. The van der Waals surface area contributed by atoms with Crippen LogP contribution in [0.3, 0.4) is 0 Å². The molecule has 0 atom stereocenters. The highest BCUT2D eigenvalue weighted by atomic mass is 32.1. The van der Waals surface area contributed by atoms with Gasteiger partial charge in [0.25, 0.3) is 6.71 Å². The molecule has 0 unspecified atom stereocenters. The number of rotatable bonds is 2. The summed E-state index contributed by atoms with van der Waals surface area (Å²) in [6, 6.07) is 76.9. The van der Waals surface area contributed by atoms with Crippen molar-refractivity contribution in [2.45, 2.75) is 17.0 Å². The molecule has 0 radical (unpaired) electrons. The first-order valence-electron chi connectivity index (χ1n) is 24.8. The highest BCUT2D eigenvalue weighted by Gasteiger charge is 2.60. The Bertz CT molecular complexity index is 4150. The highest BCUT2D eigenvalue weighted by Crippen LogP contribution is 2.69. The second-order valence-corrected chi connectivity index (χ2v) is 22.1. The third kappa shape index (κ3) is 4.70. The lowest BCUT2D eigenvalue weighted by atomic mass is 9.39. The summed E-state index contributed by atoms with van der Waals surface area (Å²) in [5, 5.41) is 0. The molecule has 2 spiro atoms. The smallest absolute Gasteiger partial charge is 0.310 e. The molecule has 4 aliphatic carbocycles. The zero-order valence-electron chi connectivity index (χ0n) is 38.7. The first-order chi connectivity index (χ1) is 35.9. The summed E-state index contributed by atoms with van der Waals surface area (Å²) in [5.41, 5.74) is 22.7. The van der Waals surface area contributed by atoms with E-state index in [4.69, 9.17) is 0 Å². The first-order valence-corrected chi connectivity index (χ1v) is 26.4. The van der Waals surface area contributed by atoms with Gasteiger partial charge in [-0.3, -0.25) is 0 Å². The van der Waals surface area contributed by atoms with Crippen molar-refractivity contribution < 1.29 is 13.2 Å². The maximum atomic E-state index is 14.5. The Morgan fingerprint density at radius 1 is 0.356 bits per heavy atom. The number of benzene rings is 9. The lowest BCUT2D eigenvalue weighted by molar-refractivity contribution is -0.137. The molecule has 0 bridgehead atoms. The van der Waals surface area contributed by atoms with Gasteiger partial charge in [-0.15, -0.1) is 22.7 Å². The molecular formula is C65H36BF3N2S2. The van der Waals surface area contributed by atoms with Crippen LogP contribution in [0.2, 0.25) is 0 Å². The van der Waals surface area contributed by atoms with Crippen LogP contribution in [0.1, 0.15) is 48.7 Å². The van der Waals surface area contributed by atoms with Crippen LogP contribution >= 0.6 is 22.7 Å². The van der Waals surface area contributed by atoms with Gasteiger partial charge in [0.15, 0.2) is 0 Å². The van der Waals surface area contributed by atoms with E-state index in [1.54, 1.807) is 12.1 Å². The average molecular weight is 977 g/mol. The van der Waals surface area contributed by atoms with Crippen molar-refractivity contribution in [1.29, 1.82) is 0 Å². The molecule has 2 aliphatic heterocycles. The van der Waals surface area contributed by atoms with E-state index in [0.717, 1.165) is 39.3 Å². The number of para-hydroxylation sites is 1. The van der Waals surface area contributed by atoms with E-state index in [-0.39, 0.29) is 6.71 Å².